The van der Waals surface area contributed by atoms with E-state index in [0.29, 0.717) is 5.82 Å². The maximum absolute atomic E-state index is 5.15. The second-order valence-electron chi connectivity index (χ2n) is 11.6. The fraction of sp³-hybridized carbons (Fsp3) is 0. The minimum Gasteiger partial charge on any atom is -0.228 e. The van der Waals surface area contributed by atoms with Crippen molar-refractivity contribution in [1.29, 1.82) is 0 Å². The number of hydrogen-bond acceptors (Lipinski definition) is 4. The Morgan fingerprint density at radius 1 is 0.404 bits per heavy atom. The van der Waals surface area contributed by atoms with Gasteiger partial charge in [-0.1, -0.05) is 133 Å². The van der Waals surface area contributed by atoms with Crippen molar-refractivity contribution in [3.63, 3.8) is 0 Å². The van der Waals surface area contributed by atoms with Crippen LogP contribution in [0.4, 0.5) is 0 Å². The summed E-state index contributed by atoms with van der Waals surface area (Å²) >= 11 is 0. The van der Waals surface area contributed by atoms with Crippen molar-refractivity contribution >= 4 is 32.6 Å². The van der Waals surface area contributed by atoms with E-state index >= 15 is 0 Å². The van der Waals surface area contributed by atoms with Crippen molar-refractivity contribution in [2.45, 2.75) is 0 Å². The average molecular weight is 602 g/mol. The van der Waals surface area contributed by atoms with Gasteiger partial charge >= 0.3 is 0 Å². The zero-order valence-corrected chi connectivity index (χ0v) is 25.3. The maximum atomic E-state index is 5.15. The molecule has 220 valence electrons. The predicted octanol–water partition coefficient (Wildman–Crippen LogP) is 10.2. The minimum absolute atomic E-state index is 0.674. The molecule has 0 N–H and O–H groups in total. The highest BCUT2D eigenvalue weighted by molar-refractivity contribution is 6.18. The van der Waals surface area contributed by atoms with Crippen LogP contribution in [0.15, 0.2) is 164 Å². The molecule has 5 nitrogen and oxygen atoms in total. The molecule has 0 radical (unpaired) electrons. The summed E-state index contributed by atoms with van der Waals surface area (Å²) in [6, 6.07) is 56.4. The van der Waals surface area contributed by atoms with E-state index in [1.807, 2.05) is 60.7 Å². The summed E-state index contributed by atoms with van der Waals surface area (Å²) in [5.74, 6) is 0.674. The van der Waals surface area contributed by atoms with Crippen LogP contribution in [0.1, 0.15) is 0 Å². The summed E-state index contributed by atoms with van der Waals surface area (Å²) in [6.45, 7) is 0. The molecule has 2 heterocycles. The second kappa shape index (κ2) is 11.2. The Labute approximate surface area is 271 Å². The van der Waals surface area contributed by atoms with Gasteiger partial charge in [-0.25, -0.2) is 9.97 Å². The molecule has 9 aromatic rings. The molecule has 2 aromatic heterocycles. The zero-order valence-electron chi connectivity index (χ0n) is 25.3. The van der Waals surface area contributed by atoms with Gasteiger partial charge in [-0.05, 0) is 57.6 Å². The lowest BCUT2D eigenvalue weighted by Gasteiger charge is -2.11. The molecule has 7 aromatic carbocycles. The van der Waals surface area contributed by atoms with E-state index in [0.717, 1.165) is 66.3 Å². The first-order valence-corrected chi connectivity index (χ1v) is 15.7. The highest BCUT2D eigenvalue weighted by Gasteiger charge is 2.15. The van der Waals surface area contributed by atoms with Crippen molar-refractivity contribution in [3.8, 4) is 50.7 Å². The molecule has 0 aliphatic rings. The van der Waals surface area contributed by atoms with Gasteiger partial charge in [-0.3, -0.25) is 0 Å². The largest absolute Gasteiger partial charge is 0.228 e. The van der Waals surface area contributed by atoms with Gasteiger partial charge in [0.1, 0.15) is 11.0 Å². The van der Waals surface area contributed by atoms with Gasteiger partial charge in [-0.15, -0.1) is 10.2 Å². The molecule has 0 aliphatic carbocycles. The van der Waals surface area contributed by atoms with Crippen LogP contribution in [0.5, 0.6) is 0 Å². The Morgan fingerprint density at radius 2 is 0.936 bits per heavy atom. The number of rotatable bonds is 5. The predicted molar refractivity (Wildman–Crippen MR) is 191 cm³/mol. The highest BCUT2D eigenvalue weighted by Crippen LogP contribution is 2.35. The molecule has 0 atom stereocenters. The van der Waals surface area contributed by atoms with Gasteiger partial charge in [0.25, 0.3) is 0 Å². The lowest BCUT2D eigenvalue weighted by atomic mass is 9.98. The van der Waals surface area contributed by atoms with Crippen LogP contribution < -0.4 is 0 Å². The van der Waals surface area contributed by atoms with E-state index in [9.17, 15) is 0 Å². The number of aromatic nitrogens is 5. The van der Waals surface area contributed by atoms with Gasteiger partial charge in [0.15, 0.2) is 5.82 Å². The summed E-state index contributed by atoms with van der Waals surface area (Å²) in [7, 11) is 0. The maximum Gasteiger partial charge on any atom is 0.160 e. The molecule has 9 rings (SSSR count). The topological polar surface area (TPSA) is 56.5 Å². The molecule has 0 bridgehead atoms. The summed E-state index contributed by atoms with van der Waals surface area (Å²) in [4.78, 5) is 12.0. The minimum atomic E-state index is 0.674. The number of fused-ring (bicyclic) bond motifs is 5. The van der Waals surface area contributed by atoms with Crippen LogP contribution in [0.25, 0.3) is 83.3 Å². The molecule has 47 heavy (non-hydrogen) atoms. The standard InChI is InChI=1S/C42H27N5/c1-4-10-28(11-5-1)29-16-20-32(21-17-29)39-27-38(31-12-6-2-7-13-31)43-42(44-39)34-23-19-30-18-22-33-24-25-37-41(40(33)36(30)26-34)46-47(45-37)35-14-8-3-9-15-35/h1-27H. The molecular formula is C42H27N5. The smallest absolute Gasteiger partial charge is 0.160 e. The highest BCUT2D eigenvalue weighted by atomic mass is 15.5. The first kappa shape index (κ1) is 26.9. The Bertz CT molecular complexity index is 2540. The monoisotopic (exact) mass is 601 g/mol. The third-order valence-electron chi connectivity index (χ3n) is 8.68. The molecule has 5 heteroatoms. The Hall–Kier alpha value is -6.46. The summed E-state index contributed by atoms with van der Waals surface area (Å²) in [6.07, 6.45) is 0. The number of para-hydroxylation sites is 1. The van der Waals surface area contributed by atoms with Crippen LogP contribution in [0, 0.1) is 0 Å². The molecule has 0 aliphatic heterocycles. The number of nitrogens with zero attached hydrogens (tertiary/aromatic N) is 5. The van der Waals surface area contributed by atoms with Crippen molar-refractivity contribution in [1.82, 2.24) is 25.0 Å². The Kier molecular flexibility index (Phi) is 6.39. The molecule has 0 amide bonds. The van der Waals surface area contributed by atoms with Gasteiger partial charge in [-0.2, -0.15) is 4.80 Å². The van der Waals surface area contributed by atoms with Crippen LogP contribution in [0.3, 0.4) is 0 Å². The summed E-state index contributed by atoms with van der Waals surface area (Å²) < 4.78 is 0. The van der Waals surface area contributed by atoms with E-state index in [1.54, 1.807) is 4.80 Å². The van der Waals surface area contributed by atoms with Crippen LogP contribution >= 0.6 is 0 Å². The first-order chi connectivity index (χ1) is 23.3. The quantitative estimate of drug-likeness (QED) is 0.184. The van der Waals surface area contributed by atoms with Crippen LogP contribution in [-0.2, 0) is 0 Å². The van der Waals surface area contributed by atoms with Gasteiger partial charge in [0, 0.05) is 22.1 Å². The normalized spacial score (nSPS) is 11.4. The molecular weight excluding hydrogens is 574 g/mol. The number of hydrogen-bond donors (Lipinski definition) is 0. The van der Waals surface area contributed by atoms with E-state index in [1.165, 1.54) is 11.1 Å². The first-order valence-electron chi connectivity index (χ1n) is 15.7. The Morgan fingerprint density at radius 3 is 1.66 bits per heavy atom. The SMILES string of the molecule is c1ccc(-c2ccc(-c3cc(-c4ccccc4)nc(-c4ccc5ccc6ccc7nn(-c8ccccc8)nc7c6c5c4)n3)cc2)cc1. The van der Waals surface area contributed by atoms with Gasteiger partial charge < -0.3 is 0 Å². The van der Waals surface area contributed by atoms with Crippen molar-refractivity contribution in [2.24, 2.45) is 0 Å². The van der Waals surface area contributed by atoms with E-state index in [4.69, 9.17) is 20.2 Å². The summed E-state index contributed by atoms with van der Waals surface area (Å²) in [5, 5.41) is 14.2. The number of benzene rings is 7. The summed E-state index contributed by atoms with van der Waals surface area (Å²) in [5.41, 5.74) is 9.78. The van der Waals surface area contributed by atoms with Crippen LogP contribution in [-0.4, -0.2) is 25.0 Å². The molecule has 0 spiro atoms. The van der Waals surface area contributed by atoms with Gasteiger partial charge in [0.05, 0.1) is 17.1 Å². The van der Waals surface area contributed by atoms with Crippen molar-refractivity contribution in [2.75, 3.05) is 0 Å². The molecule has 0 fully saturated rings. The molecule has 0 unspecified atom stereocenters. The lowest BCUT2D eigenvalue weighted by Crippen LogP contribution is -1.97. The van der Waals surface area contributed by atoms with Crippen LogP contribution in [0.2, 0.25) is 0 Å². The Balaban J connectivity index is 1.22. The zero-order chi connectivity index (χ0) is 31.2. The fourth-order valence-electron chi connectivity index (χ4n) is 6.28. The lowest BCUT2D eigenvalue weighted by molar-refractivity contribution is 0.766. The van der Waals surface area contributed by atoms with Gasteiger partial charge in [0.2, 0.25) is 0 Å². The van der Waals surface area contributed by atoms with E-state index < -0.39 is 0 Å². The van der Waals surface area contributed by atoms with E-state index in [2.05, 4.69) is 103 Å². The molecule has 0 saturated heterocycles. The van der Waals surface area contributed by atoms with Crippen molar-refractivity contribution < 1.29 is 0 Å². The van der Waals surface area contributed by atoms with E-state index in [-0.39, 0.29) is 0 Å². The third-order valence-corrected chi connectivity index (χ3v) is 8.68. The third kappa shape index (κ3) is 4.91. The molecule has 0 saturated carbocycles. The fourth-order valence-corrected chi connectivity index (χ4v) is 6.28. The second-order valence-corrected chi connectivity index (χ2v) is 11.6. The average Bonchev–Trinajstić information content (AvgIpc) is 3.60. The van der Waals surface area contributed by atoms with Crippen molar-refractivity contribution in [3.05, 3.63) is 164 Å².